The summed E-state index contributed by atoms with van der Waals surface area (Å²) in [5.41, 5.74) is 1.15. The van der Waals surface area contributed by atoms with Gasteiger partial charge in [-0.05, 0) is 18.2 Å². The van der Waals surface area contributed by atoms with Crippen molar-refractivity contribution < 1.29 is 4.74 Å². The summed E-state index contributed by atoms with van der Waals surface area (Å²) in [4.78, 5) is 4.22. The van der Waals surface area contributed by atoms with Crippen molar-refractivity contribution in [1.82, 2.24) is 10.3 Å². The van der Waals surface area contributed by atoms with Gasteiger partial charge >= 0.3 is 0 Å². The van der Waals surface area contributed by atoms with Gasteiger partial charge in [-0.15, -0.1) is 11.3 Å². The molecule has 0 aliphatic rings. The van der Waals surface area contributed by atoms with Gasteiger partial charge in [-0.2, -0.15) is 0 Å². The zero-order chi connectivity index (χ0) is 13.7. The number of thiazole rings is 1. The van der Waals surface area contributed by atoms with Gasteiger partial charge in [0.05, 0.1) is 0 Å². The van der Waals surface area contributed by atoms with Gasteiger partial charge in [0, 0.05) is 34.2 Å². The van der Waals surface area contributed by atoms with Crippen molar-refractivity contribution in [3.8, 4) is 5.75 Å². The molecule has 0 unspecified atom stereocenters. The van der Waals surface area contributed by atoms with Crippen molar-refractivity contribution in [3.05, 3.63) is 44.8 Å². The Bertz CT molecular complexity index is 514. The Balaban J connectivity index is 2.05. The molecule has 1 N–H and O–H groups in total. The fraction of sp³-hybridized carbons (Fsp3) is 0.357. The van der Waals surface area contributed by atoms with Crippen LogP contribution in [0.15, 0.2) is 34.2 Å². The summed E-state index contributed by atoms with van der Waals surface area (Å²) in [6.45, 7) is 5.58. The van der Waals surface area contributed by atoms with Crippen LogP contribution in [0.3, 0.4) is 0 Å². The minimum absolute atomic E-state index is 0.450. The molecule has 3 nitrogen and oxygen atoms in total. The molecule has 0 aliphatic heterocycles. The van der Waals surface area contributed by atoms with Gasteiger partial charge in [0.2, 0.25) is 0 Å². The third-order valence-electron chi connectivity index (χ3n) is 2.56. The normalized spacial score (nSPS) is 10.9. The first kappa shape index (κ1) is 14.5. The molecule has 0 fully saturated rings. The first-order valence-corrected chi connectivity index (χ1v) is 7.85. The van der Waals surface area contributed by atoms with Crippen molar-refractivity contribution in [2.24, 2.45) is 0 Å². The first-order valence-electron chi connectivity index (χ1n) is 6.18. The largest absolute Gasteiger partial charge is 0.486 e. The molecule has 2 aromatic rings. The first-order chi connectivity index (χ1) is 9.15. The zero-order valence-corrected chi connectivity index (χ0v) is 13.4. The maximum atomic E-state index is 5.86. The summed E-state index contributed by atoms with van der Waals surface area (Å²) >= 11 is 5.11. The number of benzene rings is 1. The lowest BCUT2D eigenvalue weighted by molar-refractivity contribution is 0.301. The summed E-state index contributed by atoms with van der Waals surface area (Å²) < 4.78 is 6.92. The molecule has 0 bridgehead atoms. The second-order valence-corrected chi connectivity index (χ2v) is 6.40. The Kier molecular flexibility index (Phi) is 5.36. The van der Waals surface area contributed by atoms with E-state index in [9.17, 15) is 0 Å². The fourth-order valence-electron chi connectivity index (χ4n) is 1.60. The monoisotopic (exact) mass is 340 g/mol. The van der Waals surface area contributed by atoms with Crippen molar-refractivity contribution in [2.75, 3.05) is 0 Å². The van der Waals surface area contributed by atoms with Crippen LogP contribution in [0, 0.1) is 0 Å². The molecule has 0 saturated carbocycles. The molecule has 0 spiro atoms. The molecule has 0 aliphatic carbocycles. The maximum absolute atomic E-state index is 5.86. The predicted molar refractivity (Wildman–Crippen MR) is 82.6 cm³/mol. The van der Waals surface area contributed by atoms with Gasteiger partial charge in [-0.3, -0.25) is 0 Å². The van der Waals surface area contributed by atoms with E-state index in [4.69, 9.17) is 4.74 Å². The highest BCUT2D eigenvalue weighted by Crippen LogP contribution is 2.24. The highest BCUT2D eigenvalue weighted by atomic mass is 79.9. The molecule has 1 aromatic carbocycles. The van der Waals surface area contributed by atoms with Gasteiger partial charge in [0.25, 0.3) is 0 Å². The van der Waals surface area contributed by atoms with E-state index in [1.807, 2.05) is 17.5 Å². The van der Waals surface area contributed by atoms with E-state index in [0.717, 1.165) is 27.3 Å². The molecule has 0 radical (unpaired) electrons. The van der Waals surface area contributed by atoms with Gasteiger partial charge in [-0.25, -0.2) is 4.98 Å². The molecule has 19 heavy (non-hydrogen) atoms. The van der Waals surface area contributed by atoms with Crippen LogP contribution in [0.25, 0.3) is 0 Å². The van der Waals surface area contributed by atoms with Crippen LogP contribution in [0.2, 0.25) is 0 Å². The number of nitrogens with zero attached hydrogens (tertiary/aromatic N) is 1. The van der Waals surface area contributed by atoms with Crippen LogP contribution in [0.5, 0.6) is 5.75 Å². The van der Waals surface area contributed by atoms with Gasteiger partial charge < -0.3 is 10.1 Å². The second kappa shape index (κ2) is 7.03. The van der Waals surface area contributed by atoms with Crippen molar-refractivity contribution in [3.63, 3.8) is 0 Å². The number of hydrogen-bond acceptors (Lipinski definition) is 4. The Hall–Kier alpha value is -0.910. The highest BCUT2D eigenvalue weighted by Gasteiger charge is 2.06. The van der Waals surface area contributed by atoms with Crippen LogP contribution in [0.4, 0.5) is 0 Å². The van der Waals surface area contributed by atoms with Crippen LogP contribution < -0.4 is 10.1 Å². The third-order valence-corrected chi connectivity index (χ3v) is 3.80. The Labute approximate surface area is 126 Å². The lowest BCUT2D eigenvalue weighted by atomic mass is 10.2. The number of hydrogen-bond donors (Lipinski definition) is 1. The number of nitrogens with one attached hydrogen (secondary N) is 1. The number of aromatic nitrogens is 1. The second-order valence-electron chi connectivity index (χ2n) is 4.50. The summed E-state index contributed by atoms with van der Waals surface area (Å²) in [5, 5.41) is 6.36. The number of rotatable bonds is 6. The Morgan fingerprint density at radius 3 is 2.95 bits per heavy atom. The lowest BCUT2D eigenvalue weighted by Crippen LogP contribution is -2.22. The van der Waals surface area contributed by atoms with E-state index < -0.39 is 0 Å². The van der Waals surface area contributed by atoms with Crippen molar-refractivity contribution >= 4 is 27.3 Å². The van der Waals surface area contributed by atoms with E-state index in [2.05, 4.69) is 46.1 Å². The van der Waals surface area contributed by atoms with Crippen molar-refractivity contribution in [2.45, 2.75) is 33.0 Å². The average molecular weight is 341 g/mol. The standard InChI is InChI=1S/C14H17BrN2OS/c1-10(2)17-8-11-7-12(15)3-4-13(11)18-9-14-16-5-6-19-14/h3-7,10,17H,8-9H2,1-2H3. The van der Waals surface area contributed by atoms with Crippen LogP contribution in [-0.4, -0.2) is 11.0 Å². The van der Waals surface area contributed by atoms with Gasteiger partial charge in [-0.1, -0.05) is 29.8 Å². The topological polar surface area (TPSA) is 34.1 Å². The quantitative estimate of drug-likeness (QED) is 0.863. The summed E-state index contributed by atoms with van der Waals surface area (Å²) in [6, 6.07) is 6.53. The molecule has 1 heterocycles. The van der Waals surface area contributed by atoms with Crippen LogP contribution in [-0.2, 0) is 13.2 Å². The molecule has 102 valence electrons. The lowest BCUT2D eigenvalue weighted by Gasteiger charge is -2.13. The molecular weight excluding hydrogens is 324 g/mol. The molecule has 5 heteroatoms. The average Bonchev–Trinajstić information content (AvgIpc) is 2.88. The smallest absolute Gasteiger partial charge is 0.140 e. The summed E-state index contributed by atoms with van der Waals surface area (Å²) in [6.07, 6.45) is 1.80. The van der Waals surface area contributed by atoms with Gasteiger partial charge in [0.15, 0.2) is 0 Å². The SMILES string of the molecule is CC(C)NCc1cc(Br)ccc1OCc1nccs1. The molecule has 1 aromatic heterocycles. The zero-order valence-electron chi connectivity index (χ0n) is 11.0. The van der Waals surface area contributed by atoms with E-state index >= 15 is 0 Å². The van der Waals surface area contributed by atoms with Crippen LogP contribution in [0.1, 0.15) is 24.4 Å². The minimum Gasteiger partial charge on any atom is -0.486 e. The molecule has 0 atom stereocenters. The number of ether oxygens (including phenoxy) is 1. The fourth-order valence-corrected chi connectivity index (χ4v) is 2.54. The van der Waals surface area contributed by atoms with E-state index in [0.29, 0.717) is 12.6 Å². The maximum Gasteiger partial charge on any atom is 0.140 e. The molecular formula is C14H17BrN2OS. The molecule has 0 amide bonds. The molecule has 2 rings (SSSR count). The third kappa shape index (κ3) is 4.60. The Morgan fingerprint density at radius 2 is 2.26 bits per heavy atom. The summed E-state index contributed by atoms with van der Waals surface area (Å²) in [7, 11) is 0. The van der Waals surface area contributed by atoms with E-state index in [-0.39, 0.29) is 0 Å². The van der Waals surface area contributed by atoms with Gasteiger partial charge in [0.1, 0.15) is 17.4 Å². The van der Waals surface area contributed by atoms with Crippen LogP contribution >= 0.6 is 27.3 Å². The van der Waals surface area contributed by atoms with Crippen molar-refractivity contribution in [1.29, 1.82) is 0 Å². The predicted octanol–water partition coefficient (Wildman–Crippen LogP) is 3.98. The molecule has 0 saturated heterocycles. The minimum atomic E-state index is 0.450. The van der Waals surface area contributed by atoms with E-state index in [1.165, 1.54) is 0 Å². The number of halogens is 1. The summed E-state index contributed by atoms with van der Waals surface area (Å²) in [5.74, 6) is 0.909. The highest BCUT2D eigenvalue weighted by molar-refractivity contribution is 9.10. The Morgan fingerprint density at radius 1 is 1.42 bits per heavy atom. The van der Waals surface area contributed by atoms with E-state index in [1.54, 1.807) is 17.5 Å².